The van der Waals surface area contributed by atoms with Gasteiger partial charge >= 0.3 is 0 Å². The van der Waals surface area contributed by atoms with E-state index in [-0.39, 0.29) is 30.7 Å². The van der Waals surface area contributed by atoms with E-state index in [1.54, 1.807) is 0 Å². The van der Waals surface area contributed by atoms with E-state index in [1.165, 1.54) is 11.1 Å². The Morgan fingerprint density at radius 2 is 1.56 bits per heavy atom. The fourth-order valence-electron chi connectivity index (χ4n) is 4.24. The van der Waals surface area contributed by atoms with Crippen LogP contribution in [0.4, 0.5) is 0 Å². The molecule has 0 bridgehead atoms. The molecule has 1 atom stereocenters. The Bertz CT molecular complexity index is 862. The molecule has 1 unspecified atom stereocenters. The summed E-state index contributed by atoms with van der Waals surface area (Å²) >= 11 is 0. The van der Waals surface area contributed by atoms with Gasteiger partial charge in [-0.1, -0.05) is 65.0 Å². The lowest BCUT2D eigenvalue weighted by molar-refractivity contribution is 0.0216. The van der Waals surface area contributed by atoms with Crippen molar-refractivity contribution in [3.63, 3.8) is 0 Å². The van der Waals surface area contributed by atoms with E-state index >= 15 is 0 Å². The van der Waals surface area contributed by atoms with Crippen LogP contribution in [0.15, 0.2) is 36.4 Å². The Morgan fingerprint density at radius 3 is 2.09 bits per heavy atom. The summed E-state index contributed by atoms with van der Waals surface area (Å²) in [5.41, 5.74) is 5.03. The molecule has 4 nitrogen and oxygen atoms in total. The summed E-state index contributed by atoms with van der Waals surface area (Å²) in [4.78, 5) is 0. The fraction of sp³-hybridized carbons (Fsp3) is 0.571. The second-order valence-corrected chi connectivity index (χ2v) is 10.1. The summed E-state index contributed by atoms with van der Waals surface area (Å²) in [5.74, 6) is 0.824. The zero-order valence-electron chi connectivity index (χ0n) is 20.7. The van der Waals surface area contributed by atoms with Crippen LogP contribution < -0.4 is 4.74 Å². The molecule has 4 heteroatoms. The number of hydrogen-bond acceptors (Lipinski definition) is 4. The van der Waals surface area contributed by atoms with Crippen molar-refractivity contribution in [1.82, 2.24) is 0 Å². The van der Waals surface area contributed by atoms with Gasteiger partial charge in [0.2, 0.25) is 0 Å². The summed E-state index contributed by atoms with van der Waals surface area (Å²) in [6.45, 7) is 12.8. The first kappa shape index (κ1) is 26.4. The van der Waals surface area contributed by atoms with Crippen molar-refractivity contribution in [2.24, 2.45) is 5.41 Å². The topological polar surface area (TPSA) is 69.9 Å². The second kappa shape index (κ2) is 11.3. The Labute approximate surface area is 194 Å². The Balaban J connectivity index is 2.19. The van der Waals surface area contributed by atoms with E-state index in [9.17, 15) is 15.3 Å². The van der Waals surface area contributed by atoms with Crippen LogP contribution in [0.1, 0.15) is 81.7 Å². The van der Waals surface area contributed by atoms with Gasteiger partial charge in [0, 0.05) is 0 Å². The van der Waals surface area contributed by atoms with Gasteiger partial charge in [-0.05, 0) is 77.3 Å². The first-order valence-electron chi connectivity index (χ1n) is 11.8. The average Bonchev–Trinajstić information content (AvgIpc) is 2.78. The number of aliphatic hydroxyl groups excluding tert-OH is 3. The van der Waals surface area contributed by atoms with Gasteiger partial charge < -0.3 is 20.1 Å². The highest BCUT2D eigenvalue weighted by Gasteiger charge is 2.29. The first-order valence-corrected chi connectivity index (χ1v) is 11.8. The number of aryl methyl sites for hydroxylation is 2. The van der Waals surface area contributed by atoms with E-state index in [1.807, 2.05) is 39.0 Å². The van der Waals surface area contributed by atoms with Crippen LogP contribution in [-0.4, -0.2) is 28.0 Å². The monoisotopic (exact) mass is 442 g/mol. The predicted octanol–water partition coefficient (Wildman–Crippen LogP) is 5.46. The predicted molar refractivity (Wildman–Crippen MR) is 131 cm³/mol. The molecule has 2 rings (SSSR count). The molecule has 0 aliphatic heterocycles. The fourth-order valence-corrected chi connectivity index (χ4v) is 4.24. The lowest BCUT2D eigenvalue weighted by Gasteiger charge is -2.33. The Morgan fingerprint density at radius 1 is 0.906 bits per heavy atom. The Hall–Kier alpha value is -1.88. The summed E-state index contributed by atoms with van der Waals surface area (Å²) in [6, 6.07) is 12.4. The van der Waals surface area contributed by atoms with Crippen LogP contribution in [0.2, 0.25) is 0 Å². The van der Waals surface area contributed by atoms with Crippen molar-refractivity contribution in [3.8, 4) is 5.75 Å². The molecule has 32 heavy (non-hydrogen) atoms. The smallest absolute Gasteiger partial charge is 0.122 e. The molecule has 0 radical (unpaired) electrons. The molecule has 2 aromatic rings. The molecule has 0 heterocycles. The summed E-state index contributed by atoms with van der Waals surface area (Å²) in [7, 11) is 0. The zero-order chi connectivity index (χ0) is 23.9. The van der Waals surface area contributed by atoms with E-state index in [0.29, 0.717) is 0 Å². The van der Waals surface area contributed by atoms with Crippen molar-refractivity contribution < 1.29 is 20.1 Å². The van der Waals surface area contributed by atoms with Crippen LogP contribution in [-0.2, 0) is 25.0 Å². The van der Waals surface area contributed by atoms with Gasteiger partial charge in [0.15, 0.2) is 0 Å². The van der Waals surface area contributed by atoms with Crippen molar-refractivity contribution in [1.29, 1.82) is 0 Å². The molecule has 0 aliphatic carbocycles. The minimum Gasteiger partial charge on any atom is -0.491 e. The highest BCUT2D eigenvalue weighted by molar-refractivity contribution is 5.40. The molecule has 178 valence electrons. The quantitative estimate of drug-likeness (QED) is 0.432. The molecule has 0 fully saturated rings. The number of ether oxygens (including phenoxy) is 1. The zero-order valence-corrected chi connectivity index (χ0v) is 20.7. The van der Waals surface area contributed by atoms with E-state index in [2.05, 4.69) is 39.0 Å². The van der Waals surface area contributed by atoms with Gasteiger partial charge in [0.1, 0.15) is 12.4 Å². The lowest BCUT2D eigenvalue weighted by atomic mass is 9.71. The number of aliphatic hydroxyl groups is 3. The third-order valence-electron chi connectivity index (χ3n) is 7.04. The molecule has 0 saturated heterocycles. The average molecular weight is 443 g/mol. The molecule has 2 aromatic carbocycles. The highest BCUT2D eigenvalue weighted by Crippen LogP contribution is 2.38. The standard InChI is InChI=1S/C28H42O4/c1-7-28(8-2,14-13-21-9-10-22(17-29)23(16-21)18-30)24-11-12-25(20(3)15-24)32-19-26(31)27(4,5)6/h9-12,15-16,26,29-31H,7-8,13-14,17-19H2,1-6H3. The summed E-state index contributed by atoms with van der Waals surface area (Å²) in [5, 5.41) is 29.4. The molecule has 0 aliphatic rings. The molecular formula is C28H42O4. The molecule has 3 N–H and O–H groups in total. The van der Waals surface area contributed by atoms with E-state index in [0.717, 1.165) is 48.1 Å². The van der Waals surface area contributed by atoms with Gasteiger partial charge in [-0.3, -0.25) is 0 Å². The third kappa shape index (κ3) is 6.34. The van der Waals surface area contributed by atoms with E-state index in [4.69, 9.17) is 4.74 Å². The minimum atomic E-state index is -0.520. The normalized spacial score (nSPS) is 13.3. The summed E-state index contributed by atoms with van der Waals surface area (Å²) < 4.78 is 5.94. The molecule has 0 saturated carbocycles. The van der Waals surface area contributed by atoms with Crippen LogP contribution in [0.3, 0.4) is 0 Å². The molecular weight excluding hydrogens is 400 g/mol. The molecule has 0 aromatic heterocycles. The van der Waals surface area contributed by atoms with Crippen molar-refractivity contribution in [3.05, 3.63) is 64.2 Å². The highest BCUT2D eigenvalue weighted by atomic mass is 16.5. The number of hydrogen-bond donors (Lipinski definition) is 3. The first-order chi connectivity index (χ1) is 15.1. The van der Waals surface area contributed by atoms with Crippen LogP contribution >= 0.6 is 0 Å². The van der Waals surface area contributed by atoms with Gasteiger partial charge in [-0.15, -0.1) is 0 Å². The Kier molecular flexibility index (Phi) is 9.32. The van der Waals surface area contributed by atoms with Crippen LogP contribution in [0.5, 0.6) is 5.75 Å². The van der Waals surface area contributed by atoms with Crippen molar-refractivity contribution in [2.75, 3.05) is 6.61 Å². The van der Waals surface area contributed by atoms with E-state index < -0.39 is 6.10 Å². The van der Waals surface area contributed by atoms with Crippen molar-refractivity contribution in [2.45, 2.75) is 92.0 Å². The van der Waals surface area contributed by atoms with Gasteiger partial charge in [-0.25, -0.2) is 0 Å². The van der Waals surface area contributed by atoms with Gasteiger partial charge in [0.25, 0.3) is 0 Å². The number of benzene rings is 2. The van der Waals surface area contributed by atoms with Crippen molar-refractivity contribution >= 4 is 0 Å². The maximum atomic E-state index is 10.3. The number of rotatable bonds is 11. The van der Waals surface area contributed by atoms with Crippen LogP contribution in [0, 0.1) is 12.3 Å². The minimum absolute atomic E-state index is 0.0511. The third-order valence-corrected chi connectivity index (χ3v) is 7.04. The van der Waals surface area contributed by atoms with Crippen LogP contribution in [0.25, 0.3) is 0 Å². The van der Waals surface area contributed by atoms with Gasteiger partial charge in [0.05, 0.1) is 19.3 Å². The second-order valence-electron chi connectivity index (χ2n) is 10.1. The maximum absolute atomic E-state index is 10.3. The van der Waals surface area contributed by atoms with Gasteiger partial charge in [-0.2, -0.15) is 0 Å². The summed E-state index contributed by atoms with van der Waals surface area (Å²) in [6.07, 6.45) is 3.47. The SMILES string of the molecule is CCC(CC)(CCc1ccc(CO)c(CO)c1)c1ccc(OCC(O)C(C)(C)C)c(C)c1. The maximum Gasteiger partial charge on any atom is 0.122 e. The molecule has 0 amide bonds. The molecule has 0 spiro atoms. The lowest BCUT2D eigenvalue weighted by Crippen LogP contribution is -2.32. The largest absolute Gasteiger partial charge is 0.491 e.